The summed E-state index contributed by atoms with van der Waals surface area (Å²) in [5, 5.41) is 4.80. The molecule has 0 amide bonds. The lowest BCUT2D eigenvalue weighted by Crippen LogP contribution is -2.47. The zero-order valence-corrected chi connectivity index (χ0v) is 20.6. The molecule has 184 valence electrons. The Morgan fingerprint density at radius 1 is 0.944 bits per heavy atom. The summed E-state index contributed by atoms with van der Waals surface area (Å²) in [5.74, 6) is 1.65. The molecule has 5 rings (SSSR count). The molecule has 1 aliphatic rings. The standard InChI is InChI=1S/C26H26ClN7O2/c1-2-22(25(35)19-6-8-20(27)9-7-19)34-26(36)33(18-30-34)21-10-11-24(29-17-21)32-15-13-31(14-16-32)23-5-3-4-12-28-23/h3-12,17-18,22H,2,13-16H2,1H3. The number of carbonyl (C=O) groups excluding carboxylic acids is 1. The minimum absolute atomic E-state index is 0.181. The van der Waals surface area contributed by atoms with Gasteiger partial charge in [0.2, 0.25) is 0 Å². The molecule has 1 fully saturated rings. The fourth-order valence-corrected chi connectivity index (χ4v) is 4.52. The Balaban J connectivity index is 1.29. The van der Waals surface area contributed by atoms with Crippen LogP contribution in [0.15, 0.2) is 78.1 Å². The second kappa shape index (κ2) is 10.3. The van der Waals surface area contributed by atoms with Gasteiger partial charge in [-0.25, -0.2) is 24.0 Å². The van der Waals surface area contributed by atoms with Crippen molar-refractivity contribution in [3.63, 3.8) is 0 Å². The smallest absolute Gasteiger partial charge is 0.351 e. The molecule has 0 radical (unpaired) electrons. The number of carbonyl (C=O) groups is 1. The van der Waals surface area contributed by atoms with Crippen LogP contribution < -0.4 is 15.5 Å². The summed E-state index contributed by atoms with van der Waals surface area (Å²) in [6.07, 6.45) is 5.33. The lowest BCUT2D eigenvalue weighted by atomic mass is 10.0. The van der Waals surface area contributed by atoms with E-state index in [1.807, 2.05) is 43.5 Å². The SMILES string of the molecule is CCC(C(=O)c1ccc(Cl)cc1)n1ncn(-c2ccc(N3CCN(c4ccccn4)CC3)nc2)c1=O. The third-order valence-corrected chi connectivity index (χ3v) is 6.65. The number of pyridine rings is 2. The van der Waals surface area contributed by atoms with E-state index in [0.29, 0.717) is 22.7 Å². The highest BCUT2D eigenvalue weighted by atomic mass is 35.5. The van der Waals surface area contributed by atoms with Gasteiger partial charge >= 0.3 is 5.69 Å². The number of Topliss-reactive ketones (excluding diaryl/α,β-unsaturated/α-hetero) is 1. The first kappa shape index (κ1) is 23.7. The number of anilines is 2. The molecule has 4 aromatic rings. The molecule has 0 aliphatic carbocycles. The van der Waals surface area contributed by atoms with Crippen molar-refractivity contribution in [2.75, 3.05) is 36.0 Å². The highest BCUT2D eigenvalue weighted by Gasteiger charge is 2.24. The summed E-state index contributed by atoms with van der Waals surface area (Å²) in [6.45, 7) is 5.21. The fraction of sp³-hybridized carbons (Fsp3) is 0.269. The zero-order chi connectivity index (χ0) is 25.1. The Hall–Kier alpha value is -3.98. The van der Waals surface area contributed by atoms with E-state index < -0.39 is 6.04 Å². The van der Waals surface area contributed by atoms with Gasteiger partial charge in [0, 0.05) is 43.0 Å². The van der Waals surface area contributed by atoms with Crippen molar-refractivity contribution in [1.82, 2.24) is 24.3 Å². The maximum absolute atomic E-state index is 13.2. The summed E-state index contributed by atoms with van der Waals surface area (Å²) in [4.78, 5) is 39.7. The predicted octanol–water partition coefficient (Wildman–Crippen LogP) is 3.64. The normalized spacial score (nSPS) is 14.6. The van der Waals surface area contributed by atoms with Gasteiger partial charge in [0.1, 0.15) is 24.0 Å². The molecule has 1 atom stereocenters. The molecule has 4 heterocycles. The molecule has 1 unspecified atom stereocenters. The molecule has 1 saturated heterocycles. The average molecular weight is 504 g/mol. The largest absolute Gasteiger partial charge is 0.353 e. The first-order valence-electron chi connectivity index (χ1n) is 11.9. The van der Waals surface area contributed by atoms with Gasteiger partial charge in [-0.05, 0) is 55.0 Å². The Morgan fingerprint density at radius 2 is 1.64 bits per heavy atom. The van der Waals surface area contributed by atoms with Crippen LogP contribution in [-0.2, 0) is 0 Å². The monoisotopic (exact) mass is 503 g/mol. The number of hydrogen-bond donors (Lipinski definition) is 0. The molecule has 10 heteroatoms. The topological polar surface area (TPSA) is 89.2 Å². The number of nitrogens with zero attached hydrogens (tertiary/aromatic N) is 7. The molecule has 9 nitrogen and oxygen atoms in total. The minimum atomic E-state index is -0.706. The van der Waals surface area contributed by atoms with Crippen molar-refractivity contribution in [3.8, 4) is 5.69 Å². The van der Waals surface area contributed by atoms with Crippen molar-refractivity contribution >= 4 is 29.0 Å². The maximum Gasteiger partial charge on any atom is 0.351 e. The second-order valence-electron chi connectivity index (χ2n) is 8.56. The summed E-state index contributed by atoms with van der Waals surface area (Å²) in [5.41, 5.74) is 0.695. The number of benzene rings is 1. The Kier molecular flexibility index (Phi) is 6.81. The van der Waals surface area contributed by atoms with Crippen LogP contribution in [0.2, 0.25) is 5.02 Å². The van der Waals surface area contributed by atoms with E-state index in [1.54, 1.807) is 30.5 Å². The van der Waals surface area contributed by atoms with Gasteiger partial charge in [-0.15, -0.1) is 0 Å². The maximum atomic E-state index is 13.2. The molecule has 0 N–H and O–H groups in total. The Bertz CT molecular complexity index is 1380. The van der Waals surface area contributed by atoms with E-state index in [9.17, 15) is 9.59 Å². The van der Waals surface area contributed by atoms with E-state index in [4.69, 9.17) is 11.6 Å². The third kappa shape index (κ3) is 4.74. The quantitative estimate of drug-likeness (QED) is 0.356. The molecular formula is C26H26ClN7O2. The summed E-state index contributed by atoms with van der Waals surface area (Å²) in [6, 6.07) is 15.6. The van der Waals surface area contributed by atoms with Crippen molar-refractivity contribution in [3.05, 3.63) is 94.4 Å². The summed E-state index contributed by atoms with van der Waals surface area (Å²) in [7, 11) is 0. The fourth-order valence-electron chi connectivity index (χ4n) is 4.40. The predicted molar refractivity (Wildman–Crippen MR) is 139 cm³/mol. The van der Waals surface area contributed by atoms with E-state index in [1.165, 1.54) is 15.6 Å². The highest BCUT2D eigenvalue weighted by Crippen LogP contribution is 2.20. The van der Waals surface area contributed by atoms with Crippen LogP contribution in [0.4, 0.5) is 11.6 Å². The van der Waals surface area contributed by atoms with Gasteiger partial charge in [0.25, 0.3) is 0 Å². The first-order chi connectivity index (χ1) is 17.5. The van der Waals surface area contributed by atoms with E-state index >= 15 is 0 Å². The van der Waals surface area contributed by atoms with Crippen LogP contribution in [-0.4, -0.2) is 56.3 Å². The van der Waals surface area contributed by atoms with Gasteiger partial charge in [-0.2, -0.15) is 5.10 Å². The zero-order valence-electron chi connectivity index (χ0n) is 19.9. The molecule has 0 saturated carbocycles. The van der Waals surface area contributed by atoms with Gasteiger partial charge < -0.3 is 9.80 Å². The van der Waals surface area contributed by atoms with Crippen LogP contribution in [0, 0.1) is 0 Å². The highest BCUT2D eigenvalue weighted by molar-refractivity contribution is 6.30. The third-order valence-electron chi connectivity index (χ3n) is 6.39. The number of piperazine rings is 1. The van der Waals surface area contributed by atoms with E-state index in [0.717, 1.165) is 37.8 Å². The number of hydrogen-bond acceptors (Lipinski definition) is 7. The van der Waals surface area contributed by atoms with Gasteiger partial charge in [-0.3, -0.25) is 4.79 Å². The van der Waals surface area contributed by atoms with Gasteiger partial charge in [-0.1, -0.05) is 24.6 Å². The van der Waals surface area contributed by atoms with Crippen molar-refractivity contribution in [2.24, 2.45) is 0 Å². The van der Waals surface area contributed by atoms with Crippen molar-refractivity contribution < 1.29 is 4.79 Å². The Labute approximate surface area is 213 Å². The first-order valence-corrected chi connectivity index (χ1v) is 12.3. The van der Waals surface area contributed by atoms with Crippen LogP contribution in [0.5, 0.6) is 0 Å². The van der Waals surface area contributed by atoms with Crippen LogP contribution in [0.25, 0.3) is 5.69 Å². The average Bonchev–Trinajstić information content (AvgIpc) is 3.31. The van der Waals surface area contributed by atoms with Crippen molar-refractivity contribution in [1.29, 1.82) is 0 Å². The van der Waals surface area contributed by atoms with Crippen LogP contribution >= 0.6 is 11.6 Å². The number of ketones is 1. The van der Waals surface area contributed by atoms with Gasteiger partial charge in [0.15, 0.2) is 5.78 Å². The molecular weight excluding hydrogens is 478 g/mol. The Morgan fingerprint density at radius 3 is 2.22 bits per heavy atom. The molecule has 3 aromatic heterocycles. The molecule has 0 spiro atoms. The van der Waals surface area contributed by atoms with Crippen LogP contribution in [0.1, 0.15) is 29.7 Å². The molecule has 0 bridgehead atoms. The number of aromatic nitrogens is 5. The van der Waals surface area contributed by atoms with Gasteiger partial charge in [0.05, 0.1) is 11.9 Å². The molecule has 1 aliphatic heterocycles. The number of halogens is 1. The summed E-state index contributed by atoms with van der Waals surface area (Å²) < 4.78 is 2.65. The minimum Gasteiger partial charge on any atom is -0.353 e. The van der Waals surface area contributed by atoms with E-state index in [-0.39, 0.29) is 11.5 Å². The second-order valence-corrected chi connectivity index (χ2v) is 9.00. The molecule has 1 aromatic carbocycles. The number of rotatable bonds is 7. The van der Waals surface area contributed by atoms with Crippen molar-refractivity contribution in [2.45, 2.75) is 19.4 Å². The summed E-state index contributed by atoms with van der Waals surface area (Å²) >= 11 is 5.94. The lowest BCUT2D eigenvalue weighted by Gasteiger charge is -2.36. The van der Waals surface area contributed by atoms with E-state index in [2.05, 4.69) is 24.9 Å². The molecule has 36 heavy (non-hydrogen) atoms. The van der Waals surface area contributed by atoms with Crippen LogP contribution in [0.3, 0.4) is 0 Å². The lowest BCUT2D eigenvalue weighted by molar-refractivity contribution is 0.0911.